The van der Waals surface area contributed by atoms with Gasteiger partial charge in [-0.3, -0.25) is 9.59 Å². The summed E-state index contributed by atoms with van der Waals surface area (Å²) in [7, 11) is 0. The number of aryl methyl sites for hydroxylation is 2. The van der Waals surface area contributed by atoms with Gasteiger partial charge in [0.1, 0.15) is 0 Å². The first kappa shape index (κ1) is 18.1. The van der Waals surface area contributed by atoms with Crippen molar-refractivity contribution >= 4 is 17.1 Å². The number of hydrogen-bond acceptors (Lipinski definition) is 2. The Labute approximate surface area is 165 Å². The van der Waals surface area contributed by atoms with Gasteiger partial charge in [0.05, 0.1) is 0 Å². The number of hydrogen-bond donors (Lipinski definition) is 0. The SMILES string of the molecule is Cc1ccc(C(=O)CC(=C2CCc3ccccc3C2=O)c2ccccc2)cc1. The second kappa shape index (κ2) is 7.77. The topological polar surface area (TPSA) is 34.1 Å². The molecule has 0 aromatic heterocycles. The van der Waals surface area contributed by atoms with Gasteiger partial charge < -0.3 is 0 Å². The summed E-state index contributed by atoms with van der Waals surface area (Å²) >= 11 is 0. The minimum absolute atomic E-state index is 0.0398. The number of allylic oxidation sites excluding steroid dienone is 2. The first-order chi connectivity index (χ1) is 13.6. The number of Topliss-reactive ketones (excluding diaryl/α,β-unsaturated/α-hetero) is 2. The van der Waals surface area contributed by atoms with E-state index in [-0.39, 0.29) is 18.0 Å². The number of rotatable bonds is 4. The molecule has 0 unspecified atom stereocenters. The Morgan fingerprint density at radius 3 is 2.21 bits per heavy atom. The van der Waals surface area contributed by atoms with Crippen LogP contribution in [-0.2, 0) is 6.42 Å². The Bertz CT molecular complexity index is 1060. The van der Waals surface area contributed by atoms with Gasteiger partial charge in [0, 0.05) is 23.1 Å². The third-order valence-corrected chi connectivity index (χ3v) is 5.38. The zero-order valence-corrected chi connectivity index (χ0v) is 15.9. The molecule has 0 saturated carbocycles. The average Bonchev–Trinajstić information content (AvgIpc) is 2.74. The van der Waals surface area contributed by atoms with Crippen LogP contribution in [0.15, 0.2) is 84.4 Å². The molecule has 0 aliphatic heterocycles. The number of ketones is 2. The normalized spacial score (nSPS) is 15.1. The van der Waals surface area contributed by atoms with Gasteiger partial charge in [-0.05, 0) is 36.5 Å². The van der Waals surface area contributed by atoms with E-state index in [2.05, 4.69) is 0 Å². The van der Waals surface area contributed by atoms with Gasteiger partial charge in [-0.1, -0.05) is 84.4 Å². The van der Waals surface area contributed by atoms with Crippen molar-refractivity contribution in [1.29, 1.82) is 0 Å². The van der Waals surface area contributed by atoms with Crippen molar-refractivity contribution in [1.82, 2.24) is 0 Å². The van der Waals surface area contributed by atoms with Crippen LogP contribution in [0.1, 0.15) is 50.2 Å². The number of carbonyl (C=O) groups is 2. The Kier molecular flexibility index (Phi) is 5.03. The fraction of sp³-hybridized carbons (Fsp3) is 0.154. The van der Waals surface area contributed by atoms with Gasteiger partial charge in [-0.15, -0.1) is 0 Å². The highest BCUT2D eigenvalue weighted by atomic mass is 16.1. The van der Waals surface area contributed by atoms with Gasteiger partial charge in [-0.25, -0.2) is 0 Å². The van der Waals surface area contributed by atoms with Crippen molar-refractivity contribution in [3.63, 3.8) is 0 Å². The van der Waals surface area contributed by atoms with Crippen LogP contribution in [0.5, 0.6) is 0 Å². The molecule has 0 fully saturated rings. The van der Waals surface area contributed by atoms with Crippen molar-refractivity contribution in [3.05, 3.63) is 112 Å². The van der Waals surface area contributed by atoms with E-state index >= 15 is 0 Å². The molecule has 3 aromatic rings. The summed E-state index contributed by atoms with van der Waals surface area (Å²) in [6.07, 6.45) is 1.73. The molecule has 0 amide bonds. The van der Waals surface area contributed by atoms with E-state index in [9.17, 15) is 9.59 Å². The molecule has 0 N–H and O–H groups in total. The third kappa shape index (κ3) is 3.59. The molecule has 0 radical (unpaired) electrons. The minimum Gasteiger partial charge on any atom is -0.294 e. The predicted octanol–water partition coefficient (Wildman–Crippen LogP) is 5.85. The van der Waals surface area contributed by atoms with Gasteiger partial charge in [0.15, 0.2) is 11.6 Å². The number of fused-ring (bicyclic) bond motifs is 1. The lowest BCUT2D eigenvalue weighted by molar-refractivity contribution is 0.0998. The van der Waals surface area contributed by atoms with Crippen molar-refractivity contribution in [3.8, 4) is 0 Å². The molecule has 138 valence electrons. The van der Waals surface area contributed by atoms with E-state index < -0.39 is 0 Å². The third-order valence-electron chi connectivity index (χ3n) is 5.38. The fourth-order valence-corrected chi connectivity index (χ4v) is 3.81. The lowest BCUT2D eigenvalue weighted by atomic mass is 9.81. The quantitative estimate of drug-likeness (QED) is 0.429. The predicted molar refractivity (Wildman–Crippen MR) is 113 cm³/mol. The van der Waals surface area contributed by atoms with Crippen LogP contribution in [0.2, 0.25) is 0 Å². The lowest BCUT2D eigenvalue weighted by Gasteiger charge is -2.21. The molecule has 2 heteroatoms. The molecule has 0 saturated heterocycles. The van der Waals surface area contributed by atoms with E-state index in [1.165, 1.54) is 0 Å². The van der Waals surface area contributed by atoms with E-state index in [4.69, 9.17) is 0 Å². The maximum Gasteiger partial charge on any atom is 0.189 e. The van der Waals surface area contributed by atoms with E-state index in [1.807, 2.05) is 85.8 Å². The molecule has 0 spiro atoms. The maximum atomic E-state index is 13.2. The van der Waals surface area contributed by atoms with E-state index in [0.717, 1.165) is 39.8 Å². The smallest absolute Gasteiger partial charge is 0.189 e. The Hall–Kier alpha value is -3.26. The van der Waals surface area contributed by atoms with E-state index in [1.54, 1.807) is 0 Å². The lowest BCUT2D eigenvalue weighted by Crippen LogP contribution is -2.17. The van der Waals surface area contributed by atoms with E-state index in [0.29, 0.717) is 12.0 Å². The van der Waals surface area contributed by atoms with Gasteiger partial charge in [-0.2, -0.15) is 0 Å². The summed E-state index contributed by atoms with van der Waals surface area (Å²) in [4.78, 5) is 26.2. The van der Waals surface area contributed by atoms with Crippen LogP contribution < -0.4 is 0 Å². The standard InChI is InChI=1S/C26H22O2/c1-18-11-13-21(14-12-18)25(27)17-24(19-7-3-2-4-8-19)23-16-15-20-9-5-6-10-22(20)26(23)28/h2-14H,15-17H2,1H3. The summed E-state index contributed by atoms with van der Waals surface area (Å²) in [5, 5.41) is 0. The monoisotopic (exact) mass is 366 g/mol. The summed E-state index contributed by atoms with van der Waals surface area (Å²) in [6.45, 7) is 2.00. The Morgan fingerprint density at radius 2 is 1.46 bits per heavy atom. The van der Waals surface area contributed by atoms with Crippen molar-refractivity contribution in [2.75, 3.05) is 0 Å². The molecular formula is C26H22O2. The number of benzene rings is 3. The molecule has 4 rings (SSSR count). The molecule has 2 nitrogen and oxygen atoms in total. The highest BCUT2D eigenvalue weighted by Crippen LogP contribution is 2.33. The van der Waals surface area contributed by atoms with Crippen LogP contribution in [0.25, 0.3) is 5.57 Å². The molecule has 1 aliphatic carbocycles. The highest BCUT2D eigenvalue weighted by molar-refractivity contribution is 6.17. The van der Waals surface area contributed by atoms with Crippen molar-refractivity contribution in [2.45, 2.75) is 26.2 Å². The van der Waals surface area contributed by atoms with Crippen molar-refractivity contribution in [2.24, 2.45) is 0 Å². The first-order valence-electron chi connectivity index (χ1n) is 9.63. The minimum atomic E-state index is 0.0398. The molecular weight excluding hydrogens is 344 g/mol. The summed E-state index contributed by atoms with van der Waals surface area (Å²) in [5.74, 6) is 0.0930. The van der Waals surface area contributed by atoms with Gasteiger partial charge in [0.25, 0.3) is 0 Å². The van der Waals surface area contributed by atoms with Crippen LogP contribution in [0.3, 0.4) is 0 Å². The molecule has 1 aliphatic rings. The van der Waals surface area contributed by atoms with Crippen LogP contribution >= 0.6 is 0 Å². The van der Waals surface area contributed by atoms with Crippen LogP contribution in [0, 0.1) is 6.92 Å². The zero-order chi connectivity index (χ0) is 19.5. The average molecular weight is 366 g/mol. The van der Waals surface area contributed by atoms with Crippen LogP contribution in [0.4, 0.5) is 0 Å². The maximum absolute atomic E-state index is 13.2. The Morgan fingerprint density at radius 1 is 0.786 bits per heavy atom. The first-order valence-corrected chi connectivity index (χ1v) is 9.63. The van der Waals surface area contributed by atoms with Gasteiger partial charge in [0.2, 0.25) is 0 Å². The molecule has 28 heavy (non-hydrogen) atoms. The fourth-order valence-electron chi connectivity index (χ4n) is 3.81. The second-order valence-electron chi connectivity index (χ2n) is 7.28. The van der Waals surface area contributed by atoms with Gasteiger partial charge >= 0.3 is 0 Å². The van der Waals surface area contributed by atoms with Crippen LogP contribution in [-0.4, -0.2) is 11.6 Å². The zero-order valence-electron chi connectivity index (χ0n) is 15.9. The Balaban J connectivity index is 1.77. The summed E-state index contributed by atoms with van der Waals surface area (Å²) in [6, 6.07) is 25.2. The molecule has 3 aromatic carbocycles. The highest BCUT2D eigenvalue weighted by Gasteiger charge is 2.26. The second-order valence-corrected chi connectivity index (χ2v) is 7.28. The summed E-state index contributed by atoms with van der Waals surface area (Å²) in [5.41, 5.74) is 6.23. The molecule has 0 heterocycles. The summed E-state index contributed by atoms with van der Waals surface area (Å²) < 4.78 is 0. The largest absolute Gasteiger partial charge is 0.294 e. The van der Waals surface area contributed by atoms with Crippen molar-refractivity contribution < 1.29 is 9.59 Å². The molecule has 0 atom stereocenters. The number of carbonyl (C=O) groups excluding carboxylic acids is 2. The molecule has 0 bridgehead atoms.